The minimum atomic E-state index is -0.344. The van der Waals surface area contributed by atoms with Gasteiger partial charge < -0.3 is 9.15 Å². The van der Waals surface area contributed by atoms with E-state index in [1.165, 1.54) is 6.92 Å². The normalized spacial score (nSPS) is 10.2. The molecule has 1 aromatic carbocycles. The van der Waals surface area contributed by atoms with Gasteiger partial charge in [-0.2, -0.15) is 0 Å². The SMILES string of the molecule is CC(=O)Oc1cccc2ccoc12. The maximum atomic E-state index is 10.7. The van der Waals surface area contributed by atoms with Gasteiger partial charge in [-0.3, -0.25) is 4.79 Å². The monoisotopic (exact) mass is 176 g/mol. The van der Waals surface area contributed by atoms with Gasteiger partial charge in [0.05, 0.1) is 6.26 Å². The van der Waals surface area contributed by atoms with Gasteiger partial charge in [-0.1, -0.05) is 12.1 Å². The predicted octanol–water partition coefficient (Wildman–Crippen LogP) is 2.36. The third-order valence-corrected chi connectivity index (χ3v) is 1.70. The van der Waals surface area contributed by atoms with Crippen LogP contribution in [0.1, 0.15) is 6.92 Å². The van der Waals surface area contributed by atoms with Crippen LogP contribution in [0.5, 0.6) is 5.75 Å². The molecule has 0 aliphatic rings. The van der Waals surface area contributed by atoms with Crippen molar-refractivity contribution in [1.29, 1.82) is 0 Å². The minimum absolute atomic E-state index is 0.344. The fourth-order valence-corrected chi connectivity index (χ4v) is 1.20. The molecule has 0 saturated carbocycles. The van der Waals surface area contributed by atoms with Gasteiger partial charge in [0.1, 0.15) is 0 Å². The molecule has 13 heavy (non-hydrogen) atoms. The van der Waals surface area contributed by atoms with Crippen LogP contribution in [-0.4, -0.2) is 5.97 Å². The van der Waals surface area contributed by atoms with Crippen LogP contribution in [0.2, 0.25) is 0 Å². The maximum Gasteiger partial charge on any atom is 0.308 e. The minimum Gasteiger partial charge on any atom is -0.460 e. The quantitative estimate of drug-likeness (QED) is 0.494. The zero-order valence-electron chi connectivity index (χ0n) is 7.11. The largest absolute Gasteiger partial charge is 0.460 e. The number of hydrogen-bond donors (Lipinski definition) is 0. The lowest BCUT2D eigenvalue weighted by Gasteiger charge is -2.00. The fourth-order valence-electron chi connectivity index (χ4n) is 1.20. The Hall–Kier alpha value is -1.77. The van der Waals surface area contributed by atoms with Crippen molar-refractivity contribution in [2.75, 3.05) is 0 Å². The topological polar surface area (TPSA) is 39.4 Å². The Morgan fingerprint density at radius 3 is 3.00 bits per heavy atom. The molecule has 0 amide bonds. The van der Waals surface area contributed by atoms with Gasteiger partial charge in [0.2, 0.25) is 0 Å². The summed E-state index contributed by atoms with van der Waals surface area (Å²) in [6.45, 7) is 1.36. The molecule has 0 fully saturated rings. The summed E-state index contributed by atoms with van der Waals surface area (Å²) >= 11 is 0. The average Bonchev–Trinajstić information content (AvgIpc) is 2.51. The number of rotatable bonds is 1. The Morgan fingerprint density at radius 2 is 2.23 bits per heavy atom. The van der Waals surface area contributed by atoms with Crippen molar-refractivity contribution >= 4 is 16.9 Å². The highest BCUT2D eigenvalue weighted by Gasteiger charge is 2.06. The van der Waals surface area contributed by atoms with E-state index >= 15 is 0 Å². The van der Waals surface area contributed by atoms with E-state index in [1.54, 1.807) is 12.3 Å². The second-order valence-electron chi connectivity index (χ2n) is 2.69. The summed E-state index contributed by atoms with van der Waals surface area (Å²) in [5, 5.41) is 0.929. The van der Waals surface area contributed by atoms with Gasteiger partial charge in [0.15, 0.2) is 11.3 Å². The van der Waals surface area contributed by atoms with E-state index in [2.05, 4.69) is 0 Å². The molecule has 2 rings (SSSR count). The van der Waals surface area contributed by atoms with Crippen LogP contribution in [0.15, 0.2) is 34.9 Å². The average molecular weight is 176 g/mol. The summed E-state index contributed by atoms with van der Waals surface area (Å²) < 4.78 is 10.1. The number of esters is 1. The number of carbonyl (C=O) groups excluding carboxylic acids is 1. The molecule has 0 aliphatic carbocycles. The lowest BCUT2D eigenvalue weighted by Crippen LogP contribution is -2.01. The number of benzene rings is 1. The number of hydrogen-bond acceptors (Lipinski definition) is 3. The summed E-state index contributed by atoms with van der Waals surface area (Å²) in [6, 6.07) is 7.23. The number of carbonyl (C=O) groups is 1. The van der Waals surface area contributed by atoms with Gasteiger partial charge in [0.25, 0.3) is 0 Å². The molecule has 0 bridgehead atoms. The van der Waals surface area contributed by atoms with Crippen molar-refractivity contribution in [2.24, 2.45) is 0 Å². The third kappa shape index (κ3) is 1.40. The van der Waals surface area contributed by atoms with Crippen molar-refractivity contribution in [3.8, 4) is 5.75 Å². The highest BCUT2D eigenvalue weighted by atomic mass is 16.5. The molecular formula is C10H8O3. The van der Waals surface area contributed by atoms with E-state index in [0.29, 0.717) is 11.3 Å². The third-order valence-electron chi connectivity index (χ3n) is 1.70. The van der Waals surface area contributed by atoms with Gasteiger partial charge >= 0.3 is 5.97 Å². The standard InChI is InChI=1S/C10H8O3/c1-7(11)13-9-4-2-3-8-5-6-12-10(8)9/h2-6H,1H3. The van der Waals surface area contributed by atoms with E-state index in [1.807, 2.05) is 18.2 Å². The molecule has 3 nitrogen and oxygen atoms in total. The first kappa shape index (κ1) is 7.86. The Bertz CT molecular complexity index is 442. The molecule has 0 N–H and O–H groups in total. The Kier molecular flexibility index (Phi) is 1.77. The van der Waals surface area contributed by atoms with Crippen LogP contribution in [0, 0.1) is 0 Å². The molecule has 2 aromatic rings. The van der Waals surface area contributed by atoms with Crippen molar-refractivity contribution in [3.63, 3.8) is 0 Å². The number of para-hydroxylation sites is 1. The zero-order chi connectivity index (χ0) is 9.26. The predicted molar refractivity (Wildman–Crippen MR) is 47.5 cm³/mol. The lowest BCUT2D eigenvalue weighted by atomic mass is 10.2. The first-order valence-corrected chi connectivity index (χ1v) is 3.92. The molecule has 66 valence electrons. The molecule has 0 radical (unpaired) electrons. The number of ether oxygens (including phenoxy) is 1. The first-order valence-electron chi connectivity index (χ1n) is 3.92. The van der Waals surface area contributed by atoms with E-state index in [0.717, 1.165) is 5.39 Å². The van der Waals surface area contributed by atoms with Crippen LogP contribution < -0.4 is 4.74 Å². The van der Waals surface area contributed by atoms with Crippen molar-refractivity contribution in [2.45, 2.75) is 6.92 Å². The molecule has 3 heteroatoms. The lowest BCUT2D eigenvalue weighted by molar-refractivity contribution is -0.131. The van der Waals surface area contributed by atoms with Crippen LogP contribution in [0.4, 0.5) is 0 Å². The molecular weight excluding hydrogens is 168 g/mol. The van der Waals surface area contributed by atoms with E-state index in [-0.39, 0.29) is 5.97 Å². The molecule has 1 heterocycles. The second kappa shape index (κ2) is 2.94. The number of furan rings is 1. The number of fused-ring (bicyclic) bond motifs is 1. The van der Waals surface area contributed by atoms with E-state index in [9.17, 15) is 4.79 Å². The Labute approximate surface area is 74.9 Å². The van der Waals surface area contributed by atoms with Crippen LogP contribution in [0.25, 0.3) is 11.0 Å². The van der Waals surface area contributed by atoms with Crippen molar-refractivity contribution < 1.29 is 13.9 Å². The summed E-state index contributed by atoms with van der Waals surface area (Å²) in [5.41, 5.74) is 0.609. The second-order valence-corrected chi connectivity index (χ2v) is 2.69. The van der Waals surface area contributed by atoms with Gasteiger partial charge in [-0.05, 0) is 12.1 Å². The molecule has 0 saturated heterocycles. The smallest absolute Gasteiger partial charge is 0.308 e. The van der Waals surface area contributed by atoms with Crippen molar-refractivity contribution in [1.82, 2.24) is 0 Å². The maximum absolute atomic E-state index is 10.7. The Morgan fingerprint density at radius 1 is 1.38 bits per heavy atom. The molecule has 0 aliphatic heterocycles. The Balaban J connectivity index is 2.54. The molecule has 0 unspecified atom stereocenters. The van der Waals surface area contributed by atoms with Crippen LogP contribution in [-0.2, 0) is 4.79 Å². The van der Waals surface area contributed by atoms with Crippen LogP contribution >= 0.6 is 0 Å². The van der Waals surface area contributed by atoms with E-state index in [4.69, 9.17) is 9.15 Å². The summed E-state index contributed by atoms with van der Waals surface area (Å²) in [4.78, 5) is 10.7. The van der Waals surface area contributed by atoms with Crippen molar-refractivity contribution in [3.05, 3.63) is 30.5 Å². The van der Waals surface area contributed by atoms with Crippen LogP contribution in [0.3, 0.4) is 0 Å². The fraction of sp³-hybridized carbons (Fsp3) is 0.100. The summed E-state index contributed by atoms with van der Waals surface area (Å²) in [6.07, 6.45) is 1.57. The van der Waals surface area contributed by atoms with E-state index < -0.39 is 0 Å². The molecule has 0 atom stereocenters. The van der Waals surface area contributed by atoms with Gasteiger partial charge in [-0.15, -0.1) is 0 Å². The summed E-state index contributed by atoms with van der Waals surface area (Å²) in [7, 11) is 0. The van der Waals surface area contributed by atoms with Gasteiger partial charge in [0, 0.05) is 12.3 Å². The first-order chi connectivity index (χ1) is 6.27. The highest BCUT2D eigenvalue weighted by Crippen LogP contribution is 2.26. The zero-order valence-corrected chi connectivity index (χ0v) is 7.11. The van der Waals surface area contributed by atoms with Gasteiger partial charge in [-0.25, -0.2) is 0 Å². The highest BCUT2D eigenvalue weighted by molar-refractivity contribution is 5.85. The molecule has 0 spiro atoms. The molecule has 1 aromatic heterocycles. The summed E-state index contributed by atoms with van der Waals surface area (Å²) in [5.74, 6) is 0.124.